The molecule has 2 heteroatoms. The second kappa shape index (κ2) is 4.69. The molecule has 0 spiro atoms. The fourth-order valence-electron chi connectivity index (χ4n) is 2.33. The van der Waals surface area contributed by atoms with Crippen molar-refractivity contribution in [2.24, 2.45) is 0 Å². The molecular formula is C14H17O2. The van der Waals surface area contributed by atoms with Gasteiger partial charge in [0.15, 0.2) is 0 Å². The quantitative estimate of drug-likeness (QED) is 0.726. The first-order chi connectivity index (χ1) is 7.76. The Hall–Kier alpha value is -1.31. The zero-order valence-electron chi connectivity index (χ0n) is 9.66. The summed E-state index contributed by atoms with van der Waals surface area (Å²) in [6, 6.07) is 9.88. The lowest BCUT2D eigenvalue weighted by atomic mass is 9.99. The molecule has 0 unspecified atom stereocenters. The van der Waals surface area contributed by atoms with E-state index < -0.39 is 0 Å². The van der Waals surface area contributed by atoms with Crippen molar-refractivity contribution in [2.75, 3.05) is 0 Å². The predicted octanol–water partition coefficient (Wildman–Crippen LogP) is 3.37. The molecule has 0 amide bonds. The number of rotatable bonds is 3. The lowest BCUT2D eigenvalue weighted by Gasteiger charge is -2.27. The molecule has 1 aromatic rings. The van der Waals surface area contributed by atoms with E-state index in [0.29, 0.717) is 5.56 Å². The third-order valence-corrected chi connectivity index (χ3v) is 3.42. The van der Waals surface area contributed by atoms with Gasteiger partial charge < -0.3 is 4.74 Å². The van der Waals surface area contributed by atoms with E-state index in [1.165, 1.54) is 12.8 Å². The van der Waals surface area contributed by atoms with Crippen molar-refractivity contribution in [3.63, 3.8) is 0 Å². The van der Waals surface area contributed by atoms with Crippen molar-refractivity contribution >= 4 is 5.97 Å². The van der Waals surface area contributed by atoms with Crippen LogP contribution in [0.15, 0.2) is 24.3 Å². The van der Waals surface area contributed by atoms with Crippen molar-refractivity contribution in [1.82, 2.24) is 0 Å². The monoisotopic (exact) mass is 217 g/mol. The van der Waals surface area contributed by atoms with Gasteiger partial charge in [0.2, 0.25) is 0 Å². The van der Waals surface area contributed by atoms with E-state index in [1.807, 2.05) is 0 Å². The van der Waals surface area contributed by atoms with Gasteiger partial charge in [0.25, 0.3) is 0 Å². The maximum absolute atomic E-state index is 11.9. The first-order valence-corrected chi connectivity index (χ1v) is 5.95. The van der Waals surface area contributed by atoms with Crippen LogP contribution in [0.5, 0.6) is 0 Å². The molecule has 1 saturated carbocycles. The van der Waals surface area contributed by atoms with Crippen molar-refractivity contribution in [3.8, 4) is 0 Å². The molecule has 16 heavy (non-hydrogen) atoms. The largest absolute Gasteiger partial charge is 0.455 e. The number of hydrogen-bond acceptors (Lipinski definition) is 2. The Kier molecular flexibility index (Phi) is 3.28. The third-order valence-electron chi connectivity index (χ3n) is 3.42. The average Bonchev–Trinajstić information content (AvgIpc) is 2.79. The van der Waals surface area contributed by atoms with E-state index in [9.17, 15) is 4.79 Å². The van der Waals surface area contributed by atoms with Gasteiger partial charge in [-0.15, -0.1) is 0 Å². The van der Waals surface area contributed by atoms with Crippen molar-refractivity contribution in [1.29, 1.82) is 0 Å². The van der Waals surface area contributed by atoms with Gasteiger partial charge in [-0.2, -0.15) is 0 Å². The Balaban J connectivity index is 2.07. The molecule has 0 aliphatic heterocycles. The minimum Gasteiger partial charge on any atom is -0.455 e. The van der Waals surface area contributed by atoms with Gasteiger partial charge in [-0.3, -0.25) is 0 Å². The van der Waals surface area contributed by atoms with E-state index >= 15 is 0 Å². The van der Waals surface area contributed by atoms with Gasteiger partial charge in [0, 0.05) is 0 Å². The van der Waals surface area contributed by atoms with Crippen LogP contribution in [0.4, 0.5) is 0 Å². The molecule has 1 aliphatic rings. The van der Waals surface area contributed by atoms with Gasteiger partial charge in [0.1, 0.15) is 5.60 Å². The fourth-order valence-corrected chi connectivity index (χ4v) is 2.33. The molecule has 0 aromatic heterocycles. The van der Waals surface area contributed by atoms with Gasteiger partial charge in [-0.1, -0.05) is 19.1 Å². The summed E-state index contributed by atoms with van der Waals surface area (Å²) >= 11 is 0. The third kappa shape index (κ3) is 2.26. The van der Waals surface area contributed by atoms with Crippen LogP contribution in [-0.4, -0.2) is 11.6 Å². The summed E-state index contributed by atoms with van der Waals surface area (Å²) in [5.41, 5.74) is 0.426. The van der Waals surface area contributed by atoms with Crippen LogP contribution in [-0.2, 0) is 4.74 Å². The zero-order chi connectivity index (χ0) is 11.4. The molecular weight excluding hydrogens is 200 g/mol. The van der Waals surface area contributed by atoms with Gasteiger partial charge >= 0.3 is 5.97 Å². The number of benzene rings is 1. The van der Waals surface area contributed by atoms with E-state index in [4.69, 9.17) is 4.74 Å². The Labute approximate surface area is 96.6 Å². The van der Waals surface area contributed by atoms with Gasteiger partial charge in [-0.05, 0) is 50.3 Å². The molecule has 1 aromatic carbocycles. The van der Waals surface area contributed by atoms with Crippen LogP contribution in [0.3, 0.4) is 0 Å². The number of carbonyl (C=O) groups is 1. The highest BCUT2D eigenvalue weighted by molar-refractivity contribution is 5.89. The first-order valence-electron chi connectivity index (χ1n) is 5.95. The van der Waals surface area contributed by atoms with Gasteiger partial charge in [0.05, 0.1) is 5.56 Å². The number of carbonyl (C=O) groups excluding carboxylic acids is 1. The smallest absolute Gasteiger partial charge is 0.338 e. The van der Waals surface area contributed by atoms with E-state index in [1.54, 1.807) is 24.3 Å². The van der Waals surface area contributed by atoms with Crippen molar-refractivity contribution in [2.45, 2.75) is 44.6 Å². The molecule has 2 rings (SSSR count). The Morgan fingerprint density at radius 2 is 2.00 bits per heavy atom. The minimum absolute atomic E-state index is 0.197. The maximum Gasteiger partial charge on any atom is 0.338 e. The molecule has 0 atom stereocenters. The highest BCUT2D eigenvalue weighted by Crippen LogP contribution is 2.36. The highest BCUT2D eigenvalue weighted by Gasteiger charge is 2.35. The van der Waals surface area contributed by atoms with Crippen LogP contribution >= 0.6 is 0 Å². The van der Waals surface area contributed by atoms with Crippen LogP contribution in [0.1, 0.15) is 49.4 Å². The molecule has 85 valence electrons. The molecule has 1 radical (unpaired) electrons. The fraction of sp³-hybridized carbons (Fsp3) is 0.500. The van der Waals surface area contributed by atoms with Crippen LogP contribution < -0.4 is 0 Å². The summed E-state index contributed by atoms with van der Waals surface area (Å²) in [5, 5.41) is 0. The number of hydrogen-bond donors (Lipinski definition) is 0. The molecule has 0 N–H and O–H groups in total. The molecule has 1 aliphatic carbocycles. The Bertz CT molecular complexity index is 350. The predicted molar refractivity (Wildman–Crippen MR) is 62.2 cm³/mol. The number of ether oxygens (including phenoxy) is 1. The molecule has 0 saturated heterocycles. The second-order valence-electron chi connectivity index (χ2n) is 4.42. The van der Waals surface area contributed by atoms with Crippen LogP contribution in [0.2, 0.25) is 0 Å². The van der Waals surface area contributed by atoms with Crippen molar-refractivity contribution < 1.29 is 9.53 Å². The SMILES string of the molecule is CCC1(OC(=O)c2cc[c]cc2)CCCC1. The van der Waals surface area contributed by atoms with E-state index in [-0.39, 0.29) is 11.6 Å². The summed E-state index contributed by atoms with van der Waals surface area (Å²) in [6.07, 6.45) is 5.27. The molecule has 0 heterocycles. The Morgan fingerprint density at radius 1 is 1.38 bits per heavy atom. The standard InChI is InChI=1S/C14H17O2/c1-2-14(10-6-7-11-14)16-13(15)12-8-4-3-5-9-12/h4-5,8-9H,2,6-7,10-11H2,1H3. The lowest BCUT2D eigenvalue weighted by Crippen LogP contribution is -2.31. The molecule has 2 nitrogen and oxygen atoms in total. The summed E-state index contributed by atoms with van der Waals surface area (Å²) < 4.78 is 5.68. The minimum atomic E-state index is -0.198. The Morgan fingerprint density at radius 3 is 2.56 bits per heavy atom. The van der Waals surface area contributed by atoms with Crippen molar-refractivity contribution in [3.05, 3.63) is 35.9 Å². The van der Waals surface area contributed by atoms with Crippen LogP contribution in [0, 0.1) is 6.07 Å². The van der Waals surface area contributed by atoms with E-state index in [0.717, 1.165) is 19.3 Å². The lowest BCUT2D eigenvalue weighted by molar-refractivity contribution is -0.0172. The zero-order valence-corrected chi connectivity index (χ0v) is 9.66. The first kappa shape index (κ1) is 11.2. The van der Waals surface area contributed by atoms with Crippen LogP contribution in [0.25, 0.3) is 0 Å². The topological polar surface area (TPSA) is 26.3 Å². The molecule has 1 fully saturated rings. The van der Waals surface area contributed by atoms with Gasteiger partial charge in [-0.25, -0.2) is 4.79 Å². The highest BCUT2D eigenvalue weighted by atomic mass is 16.6. The summed E-state index contributed by atoms with van der Waals surface area (Å²) in [4.78, 5) is 11.9. The number of esters is 1. The maximum atomic E-state index is 11.9. The summed E-state index contributed by atoms with van der Waals surface area (Å²) in [6.45, 7) is 2.09. The van der Waals surface area contributed by atoms with E-state index in [2.05, 4.69) is 13.0 Å². The normalized spacial score (nSPS) is 18.3. The second-order valence-corrected chi connectivity index (χ2v) is 4.42. The summed E-state index contributed by atoms with van der Waals surface area (Å²) in [7, 11) is 0. The molecule has 0 bridgehead atoms. The average molecular weight is 217 g/mol. The summed E-state index contributed by atoms with van der Waals surface area (Å²) in [5.74, 6) is -0.197.